The zero-order chi connectivity index (χ0) is 8.55. The van der Waals surface area contributed by atoms with Crippen LogP contribution in [0, 0.1) is 5.82 Å². The minimum Gasteiger partial charge on any atom is -0.359 e. The Labute approximate surface area is 67.2 Å². The number of carbonyl (C=O) groups is 1. The number of rotatable bonds is 1. The van der Waals surface area contributed by atoms with E-state index in [9.17, 15) is 9.18 Å². The summed E-state index contributed by atoms with van der Waals surface area (Å²) in [5, 5.41) is 0. The fourth-order valence-electron chi connectivity index (χ4n) is 1.09. The summed E-state index contributed by atoms with van der Waals surface area (Å²) in [4.78, 5) is 16.9. The van der Waals surface area contributed by atoms with Gasteiger partial charge in [0.25, 0.3) is 0 Å². The van der Waals surface area contributed by atoms with Crippen molar-refractivity contribution in [1.29, 1.82) is 0 Å². The summed E-state index contributed by atoms with van der Waals surface area (Å²) in [7, 11) is 0. The van der Waals surface area contributed by atoms with E-state index >= 15 is 0 Å². The maximum atomic E-state index is 12.6. The van der Waals surface area contributed by atoms with Crippen LogP contribution in [0.5, 0.6) is 0 Å². The molecular weight excluding hydrogens is 159 g/mol. The Kier molecular flexibility index (Phi) is 1.40. The largest absolute Gasteiger partial charge is 0.359 e. The van der Waals surface area contributed by atoms with Crippen molar-refractivity contribution < 1.29 is 9.18 Å². The first-order valence-corrected chi connectivity index (χ1v) is 3.39. The van der Waals surface area contributed by atoms with E-state index < -0.39 is 5.82 Å². The van der Waals surface area contributed by atoms with Gasteiger partial charge in [-0.3, -0.25) is 9.78 Å². The van der Waals surface area contributed by atoms with Crippen LogP contribution in [0.25, 0.3) is 11.0 Å². The number of aromatic nitrogens is 2. The molecule has 0 aliphatic carbocycles. The van der Waals surface area contributed by atoms with Gasteiger partial charge in [-0.2, -0.15) is 0 Å². The fourth-order valence-corrected chi connectivity index (χ4v) is 1.09. The molecule has 0 aliphatic rings. The zero-order valence-corrected chi connectivity index (χ0v) is 6.04. The molecular formula is C8H5FN2O. The quantitative estimate of drug-likeness (QED) is 0.649. The highest BCUT2D eigenvalue weighted by molar-refractivity contribution is 5.94. The highest BCUT2D eigenvalue weighted by Gasteiger charge is 2.03. The molecule has 0 fully saturated rings. The topological polar surface area (TPSA) is 45.8 Å². The maximum Gasteiger partial charge on any atom is 0.153 e. The van der Waals surface area contributed by atoms with Crippen LogP contribution in [0.4, 0.5) is 4.39 Å². The molecule has 12 heavy (non-hydrogen) atoms. The molecule has 0 atom stereocenters. The third-order valence-corrected chi connectivity index (χ3v) is 1.64. The Morgan fingerprint density at radius 1 is 1.58 bits per heavy atom. The summed E-state index contributed by atoms with van der Waals surface area (Å²) < 4.78 is 12.6. The van der Waals surface area contributed by atoms with E-state index in [2.05, 4.69) is 9.97 Å². The third kappa shape index (κ3) is 0.887. The van der Waals surface area contributed by atoms with Gasteiger partial charge in [0.05, 0.1) is 22.8 Å². The standard InChI is InChI=1S/C8H5FN2O/c9-6-1-7-8(11-3-6)5(4-12)2-10-7/h1-4,10H. The zero-order valence-electron chi connectivity index (χ0n) is 6.04. The Morgan fingerprint density at radius 3 is 3.17 bits per heavy atom. The molecule has 0 saturated heterocycles. The normalized spacial score (nSPS) is 10.4. The summed E-state index contributed by atoms with van der Waals surface area (Å²) in [6, 6.07) is 1.30. The van der Waals surface area contributed by atoms with E-state index in [1.165, 1.54) is 12.3 Å². The number of aromatic amines is 1. The number of nitrogens with zero attached hydrogens (tertiary/aromatic N) is 1. The summed E-state index contributed by atoms with van der Waals surface area (Å²) in [5.74, 6) is -0.415. The number of pyridine rings is 1. The minimum atomic E-state index is -0.415. The molecule has 0 spiro atoms. The summed E-state index contributed by atoms with van der Waals surface area (Å²) in [6.45, 7) is 0. The molecule has 0 amide bonds. The SMILES string of the molecule is O=Cc1c[nH]c2cc(F)cnc12. The Balaban J connectivity index is 2.81. The molecule has 2 heterocycles. The van der Waals surface area contributed by atoms with Crippen molar-refractivity contribution in [2.75, 3.05) is 0 Å². The maximum absolute atomic E-state index is 12.6. The number of hydrogen-bond acceptors (Lipinski definition) is 2. The Morgan fingerprint density at radius 2 is 2.42 bits per heavy atom. The van der Waals surface area contributed by atoms with E-state index in [0.717, 1.165) is 6.20 Å². The van der Waals surface area contributed by atoms with Crippen molar-refractivity contribution in [3.8, 4) is 0 Å². The van der Waals surface area contributed by atoms with E-state index in [4.69, 9.17) is 0 Å². The van der Waals surface area contributed by atoms with Crippen molar-refractivity contribution in [3.05, 3.63) is 29.8 Å². The van der Waals surface area contributed by atoms with E-state index in [-0.39, 0.29) is 0 Å². The van der Waals surface area contributed by atoms with Gasteiger partial charge < -0.3 is 4.98 Å². The number of H-pyrrole nitrogens is 1. The predicted octanol–water partition coefficient (Wildman–Crippen LogP) is 1.51. The number of nitrogens with one attached hydrogen (secondary N) is 1. The second kappa shape index (κ2) is 2.41. The van der Waals surface area contributed by atoms with Crippen molar-refractivity contribution in [2.24, 2.45) is 0 Å². The molecule has 2 rings (SSSR count). The van der Waals surface area contributed by atoms with Crippen LogP contribution in [0.1, 0.15) is 10.4 Å². The van der Waals surface area contributed by atoms with Gasteiger partial charge in [0.2, 0.25) is 0 Å². The van der Waals surface area contributed by atoms with Gasteiger partial charge in [-0.05, 0) is 0 Å². The molecule has 0 unspecified atom stereocenters. The van der Waals surface area contributed by atoms with Crippen molar-refractivity contribution in [2.45, 2.75) is 0 Å². The lowest BCUT2D eigenvalue weighted by atomic mass is 10.3. The van der Waals surface area contributed by atoms with Crippen LogP contribution in [0.2, 0.25) is 0 Å². The molecule has 2 aromatic rings. The minimum absolute atomic E-state index is 0.415. The first-order chi connectivity index (χ1) is 5.81. The average Bonchev–Trinajstić information content (AvgIpc) is 2.46. The van der Waals surface area contributed by atoms with Crippen LogP contribution >= 0.6 is 0 Å². The molecule has 4 heteroatoms. The van der Waals surface area contributed by atoms with Crippen molar-refractivity contribution >= 4 is 17.3 Å². The highest BCUT2D eigenvalue weighted by Crippen LogP contribution is 2.14. The van der Waals surface area contributed by atoms with Crippen LogP contribution < -0.4 is 0 Å². The van der Waals surface area contributed by atoms with Gasteiger partial charge in [-0.1, -0.05) is 0 Å². The van der Waals surface area contributed by atoms with E-state index in [1.54, 1.807) is 0 Å². The second-order valence-electron chi connectivity index (χ2n) is 2.41. The lowest BCUT2D eigenvalue weighted by Gasteiger charge is -1.88. The van der Waals surface area contributed by atoms with Crippen molar-refractivity contribution in [1.82, 2.24) is 9.97 Å². The lowest BCUT2D eigenvalue weighted by molar-refractivity contribution is 0.112. The third-order valence-electron chi connectivity index (χ3n) is 1.64. The molecule has 0 aliphatic heterocycles. The Bertz CT molecular complexity index is 436. The van der Waals surface area contributed by atoms with Gasteiger partial charge >= 0.3 is 0 Å². The molecule has 0 bridgehead atoms. The van der Waals surface area contributed by atoms with Gasteiger partial charge in [-0.15, -0.1) is 0 Å². The summed E-state index contributed by atoms with van der Waals surface area (Å²) >= 11 is 0. The number of aldehydes is 1. The predicted molar refractivity (Wildman–Crippen MR) is 41.4 cm³/mol. The molecule has 0 saturated carbocycles. The average molecular weight is 164 g/mol. The van der Waals surface area contributed by atoms with Gasteiger partial charge in [0.1, 0.15) is 5.82 Å². The summed E-state index contributed by atoms with van der Waals surface area (Å²) in [6.07, 6.45) is 3.27. The van der Waals surface area contributed by atoms with E-state index in [0.29, 0.717) is 22.9 Å². The monoisotopic (exact) mass is 164 g/mol. The van der Waals surface area contributed by atoms with Crippen LogP contribution in [-0.4, -0.2) is 16.3 Å². The number of fused-ring (bicyclic) bond motifs is 1. The lowest BCUT2D eigenvalue weighted by Crippen LogP contribution is -1.81. The molecule has 0 radical (unpaired) electrons. The molecule has 0 aromatic carbocycles. The summed E-state index contributed by atoms with van der Waals surface area (Å²) in [5.41, 5.74) is 1.49. The molecule has 2 aromatic heterocycles. The highest BCUT2D eigenvalue weighted by atomic mass is 19.1. The van der Waals surface area contributed by atoms with Crippen molar-refractivity contribution in [3.63, 3.8) is 0 Å². The van der Waals surface area contributed by atoms with Crippen LogP contribution in [0.3, 0.4) is 0 Å². The second-order valence-corrected chi connectivity index (χ2v) is 2.41. The van der Waals surface area contributed by atoms with E-state index in [1.807, 2.05) is 0 Å². The number of hydrogen-bond donors (Lipinski definition) is 1. The number of halogens is 1. The first kappa shape index (κ1) is 6.97. The first-order valence-electron chi connectivity index (χ1n) is 3.39. The number of carbonyl (C=O) groups excluding carboxylic acids is 1. The Hall–Kier alpha value is -1.71. The van der Waals surface area contributed by atoms with Gasteiger partial charge in [-0.25, -0.2) is 4.39 Å². The molecule has 60 valence electrons. The molecule has 1 N–H and O–H groups in total. The van der Waals surface area contributed by atoms with Gasteiger partial charge in [0, 0.05) is 12.3 Å². The van der Waals surface area contributed by atoms with Crippen LogP contribution in [0.15, 0.2) is 18.5 Å². The van der Waals surface area contributed by atoms with Crippen LogP contribution in [-0.2, 0) is 0 Å². The van der Waals surface area contributed by atoms with Gasteiger partial charge in [0.15, 0.2) is 6.29 Å². The fraction of sp³-hybridized carbons (Fsp3) is 0. The smallest absolute Gasteiger partial charge is 0.153 e. The molecule has 3 nitrogen and oxygen atoms in total.